The molecule has 1 aromatic rings. The second-order valence-corrected chi connectivity index (χ2v) is 4.43. The minimum Gasteiger partial charge on any atom is -0.481 e. The van der Waals surface area contributed by atoms with E-state index >= 15 is 0 Å². The Morgan fingerprint density at radius 2 is 2.06 bits per heavy atom. The highest BCUT2D eigenvalue weighted by molar-refractivity contribution is 5.93. The van der Waals surface area contributed by atoms with Gasteiger partial charge in [0.1, 0.15) is 11.4 Å². The number of aromatic nitrogens is 1. The molecule has 0 saturated heterocycles. The fourth-order valence-corrected chi connectivity index (χ4v) is 1.18. The Labute approximate surface area is 94.5 Å². The van der Waals surface area contributed by atoms with Gasteiger partial charge in [-0.2, -0.15) is 4.98 Å². The molecular weight excluding hydrogens is 208 g/mol. The van der Waals surface area contributed by atoms with E-state index in [1.807, 2.05) is 20.8 Å². The number of carboxylic acid groups (broad SMARTS) is 1. The molecule has 1 aromatic heterocycles. The third-order valence-electron chi connectivity index (χ3n) is 1.80. The normalized spacial score (nSPS) is 11.0. The van der Waals surface area contributed by atoms with Crippen molar-refractivity contribution in [1.82, 2.24) is 4.98 Å². The third kappa shape index (κ3) is 3.12. The van der Waals surface area contributed by atoms with Gasteiger partial charge in [-0.05, 0) is 26.8 Å². The van der Waals surface area contributed by atoms with Gasteiger partial charge in [0.15, 0.2) is 0 Å². The summed E-state index contributed by atoms with van der Waals surface area (Å²) in [5, 5.41) is 12.0. The number of methoxy groups -OCH3 is 1. The first-order valence-electron chi connectivity index (χ1n) is 4.90. The molecule has 0 unspecified atom stereocenters. The van der Waals surface area contributed by atoms with Crippen molar-refractivity contribution in [1.29, 1.82) is 0 Å². The molecule has 0 saturated carbocycles. The van der Waals surface area contributed by atoms with E-state index in [1.54, 1.807) is 0 Å². The number of hydrogen-bond acceptors (Lipinski definition) is 4. The molecule has 0 aliphatic rings. The molecule has 2 N–H and O–H groups in total. The Balaban J connectivity index is 3.15. The number of pyridine rings is 1. The second-order valence-electron chi connectivity index (χ2n) is 4.43. The first-order chi connectivity index (χ1) is 7.33. The van der Waals surface area contributed by atoms with E-state index in [0.717, 1.165) is 0 Å². The van der Waals surface area contributed by atoms with Crippen LogP contribution in [0.4, 0.5) is 5.82 Å². The number of hydrogen-bond donors (Lipinski definition) is 2. The number of carbonyl (C=O) groups is 1. The van der Waals surface area contributed by atoms with Crippen molar-refractivity contribution in [3.63, 3.8) is 0 Å². The predicted molar refractivity (Wildman–Crippen MR) is 61.1 cm³/mol. The van der Waals surface area contributed by atoms with Crippen molar-refractivity contribution in [3.05, 3.63) is 17.7 Å². The number of rotatable bonds is 3. The van der Waals surface area contributed by atoms with E-state index in [0.29, 0.717) is 11.7 Å². The molecule has 0 fully saturated rings. The molecule has 0 spiro atoms. The van der Waals surface area contributed by atoms with Crippen LogP contribution >= 0.6 is 0 Å². The van der Waals surface area contributed by atoms with Crippen LogP contribution in [0.2, 0.25) is 0 Å². The molecule has 0 aliphatic heterocycles. The highest BCUT2D eigenvalue weighted by Gasteiger charge is 2.17. The summed E-state index contributed by atoms with van der Waals surface area (Å²) >= 11 is 0. The van der Waals surface area contributed by atoms with Crippen LogP contribution in [-0.4, -0.2) is 28.7 Å². The van der Waals surface area contributed by atoms with Gasteiger partial charge in [-0.3, -0.25) is 0 Å². The zero-order valence-electron chi connectivity index (χ0n) is 9.87. The summed E-state index contributed by atoms with van der Waals surface area (Å²) in [6, 6.07) is 3.00. The molecule has 0 atom stereocenters. The van der Waals surface area contributed by atoms with E-state index in [-0.39, 0.29) is 11.1 Å². The van der Waals surface area contributed by atoms with Gasteiger partial charge in [0.05, 0.1) is 7.11 Å². The van der Waals surface area contributed by atoms with Gasteiger partial charge in [0.25, 0.3) is 0 Å². The minimum atomic E-state index is -1.01. The highest BCUT2D eigenvalue weighted by atomic mass is 16.5. The highest BCUT2D eigenvalue weighted by Crippen LogP contribution is 2.21. The van der Waals surface area contributed by atoms with Crippen LogP contribution in [0.3, 0.4) is 0 Å². The lowest BCUT2D eigenvalue weighted by Crippen LogP contribution is -2.28. The predicted octanol–water partition coefficient (Wildman–Crippen LogP) is 2.00. The monoisotopic (exact) mass is 224 g/mol. The number of carboxylic acids is 1. The van der Waals surface area contributed by atoms with Crippen LogP contribution in [0.15, 0.2) is 12.1 Å². The van der Waals surface area contributed by atoms with Crippen LogP contribution in [0.5, 0.6) is 5.88 Å². The van der Waals surface area contributed by atoms with Gasteiger partial charge in [0.2, 0.25) is 5.88 Å². The third-order valence-corrected chi connectivity index (χ3v) is 1.80. The standard InChI is InChI=1S/C11H16N2O3/c1-11(2,3)13-9-7(10(14)15)5-6-8(12-9)16-4/h5-6H,1-4H3,(H,12,13)(H,14,15). The van der Waals surface area contributed by atoms with E-state index in [2.05, 4.69) is 10.3 Å². The topological polar surface area (TPSA) is 71.5 Å². The minimum absolute atomic E-state index is 0.135. The van der Waals surface area contributed by atoms with Crippen molar-refractivity contribution < 1.29 is 14.6 Å². The SMILES string of the molecule is COc1ccc(C(=O)O)c(NC(C)(C)C)n1. The zero-order valence-corrected chi connectivity index (χ0v) is 9.87. The summed E-state index contributed by atoms with van der Waals surface area (Å²) in [6.45, 7) is 5.79. The lowest BCUT2D eigenvalue weighted by atomic mass is 10.1. The van der Waals surface area contributed by atoms with Gasteiger partial charge in [-0.15, -0.1) is 0 Å². The summed E-state index contributed by atoms with van der Waals surface area (Å²) < 4.78 is 4.96. The summed E-state index contributed by atoms with van der Waals surface area (Å²) in [5.41, 5.74) is -0.125. The fourth-order valence-electron chi connectivity index (χ4n) is 1.18. The summed E-state index contributed by atoms with van der Waals surface area (Å²) in [4.78, 5) is 15.1. The van der Waals surface area contributed by atoms with Crippen molar-refractivity contribution in [2.24, 2.45) is 0 Å². The number of nitrogens with zero attached hydrogens (tertiary/aromatic N) is 1. The maximum Gasteiger partial charge on any atom is 0.339 e. The molecule has 5 nitrogen and oxygen atoms in total. The van der Waals surface area contributed by atoms with Gasteiger partial charge in [-0.25, -0.2) is 4.79 Å². The lowest BCUT2D eigenvalue weighted by molar-refractivity contribution is 0.0697. The molecule has 1 heterocycles. The molecule has 5 heteroatoms. The first kappa shape index (κ1) is 12.3. The molecular formula is C11H16N2O3. The second kappa shape index (κ2) is 4.38. The van der Waals surface area contributed by atoms with Crippen LogP contribution in [0.1, 0.15) is 31.1 Å². The lowest BCUT2D eigenvalue weighted by Gasteiger charge is -2.22. The smallest absolute Gasteiger partial charge is 0.339 e. The Kier molecular flexibility index (Phi) is 3.37. The van der Waals surface area contributed by atoms with Crippen LogP contribution in [-0.2, 0) is 0 Å². The molecule has 16 heavy (non-hydrogen) atoms. The van der Waals surface area contributed by atoms with Gasteiger partial charge < -0.3 is 15.2 Å². The summed E-state index contributed by atoms with van der Waals surface area (Å²) in [5.74, 6) is -0.307. The summed E-state index contributed by atoms with van der Waals surface area (Å²) in [6.07, 6.45) is 0. The van der Waals surface area contributed by atoms with E-state index < -0.39 is 5.97 Å². The van der Waals surface area contributed by atoms with Gasteiger partial charge in [-0.1, -0.05) is 0 Å². The average molecular weight is 224 g/mol. The summed E-state index contributed by atoms with van der Waals surface area (Å²) in [7, 11) is 1.49. The van der Waals surface area contributed by atoms with Gasteiger partial charge in [0, 0.05) is 11.6 Å². The Morgan fingerprint density at radius 1 is 1.44 bits per heavy atom. The van der Waals surface area contributed by atoms with Crippen molar-refractivity contribution in [2.75, 3.05) is 12.4 Å². The average Bonchev–Trinajstić information content (AvgIpc) is 2.14. The van der Waals surface area contributed by atoms with E-state index in [9.17, 15) is 4.79 Å². The number of anilines is 1. The molecule has 0 bridgehead atoms. The molecule has 0 aromatic carbocycles. The first-order valence-corrected chi connectivity index (χ1v) is 4.90. The van der Waals surface area contributed by atoms with Crippen LogP contribution < -0.4 is 10.1 Å². The molecule has 0 amide bonds. The largest absolute Gasteiger partial charge is 0.481 e. The Hall–Kier alpha value is -1.78. The van der Waals surface area contributed by atoms with Crippen molar-refractivity contribution in [3.8, 4) is 5.88 Å². The number of nitrogens with one attached hydrogen (secondary N) is 1. The van der Waals surface area contributed by atoms with Gasteiger partial charge >= 0.3 is 5.97 Å². The Bertz CT molecular complexity index is 397. The van der Waals surface area contributed by atoms with E-state index in [1.165, 1.54) is 19.2 Å². The fraction of sp³-hybridized carbons (Fsp3) is 0.455. The molecule has 0 aliphatic carbocycles. The van der Waals surface area contributed by atoms with Crippen LogP contribution in [0, 0.1) is 0 Å². The molecule has 1 rings (SSSR count). The van der Waals surface area contributed by atoms with Crippen molar-refractivity contribution >= 4 is 11.8 Å². The molecule has 88 valence electrons. The van der Waals surface area contributed by atoms with Crippen LogP contribution in [0.25, 0.3) is 0 Å². The number of ether oxygens (including phenoxy) is 1. The molecule has 0 radical (unpaired) electrons. The maximum absolute atomic E-state index is 11.0. The Morgan fingerprint density at radius 3 is 2.50 bits per heavy atom. The zero-order chi connectivity index (χ0) is 12.3. The maximum atomic E-state index is 11.0. The quantitative estimate of drug-likeness (QED) is 0.821. The van der Waals surface area contributed by atoms with E-state index in [4.69, 9.17) is 9.84 Å². The number of aromatic carboxylic acids is 1. The van der Waals surface area contributed by atoms with Crippen molar-refractivity contribution in [2.45, 2.75) is 26.3 Å².